The Morgan fingerprint density at radius 2 is 2.21 bits per heavy atom. The molecule has 2 heterocycles. The van der Waals surface area contributed by atoms with E-state index in [1.165, 1.54) is 41.0 Å². The van der Waals surface area contributed by atoms with E-state index in [-0.39, 0.29) is 4.90 Å². The van der Waals surface area contributed by atoms with E-state index in [9.17, 15) is 8.42 Å². The van der Waals surface area contributed by atoms with Crippen LogP contribution in [-0.2, 0) is 16.6 Å². The molecular formula is C11H12BrN3O2S2. The van der Waals surface area contributed by atoms with Crippen LogP contribution in [0.25, 0.3) is 0 Å². The number of pyridine rings is 1. The Morgan fingerprint density at radius 3 is 2.74 bits per heavy atom. The summed E-state index contributed by atoms with van der Waals surface area (Å²) in [6.07, 6.45) is 1.27. The highest BCUT2D eigenvalue weighted by Crippen LogP contribution is 2.23. The van der Waals surface area contributed by atoms with E-state index in [1.54, 1.807) is 0 Å². The molecule has 0 aliphatic carbocycles. The molecule has 0 saturated carbocycles. The maximum Gasteiger partial charge on any atom is 0.244 e. The zero-order valence-electron chi connectivity index (χ0n) is 10.1. The standard InChI is InChI=1S/C11H12BrN3O2S2/c1-15(6-8-4-10(12)18-7-8)19(16,17)9-2-3-11(13)14-5-9/h2-5,7H,6H2,1H3,(H2,13,14). The number of nitrogens with two attached hydrogens (primary N) is 1. The van der Waals surface area contributed by atoms with Gasteiger partial charge in [-0.25, -0.2) is 13.4 Å². The van der Waals surface area contributed by atoms with E-state index in [4.69, 9.17) is 5.73 Å². The number of nitrogen functional groups attached to an aromatic ring is 1. The summed E-state index contributed by atoms with van der Waals surface area (Å²) in [7, 11) is -2.00. The monoisotopic (exact) mass is 361 g/mol. The van der Waals surface area contributed by atoms with Gasteiger partial charge in [0.25, 0.3) is 0 Å². The minimum absolute atomic E-state index is 0.137. The average molecular weight is 362 g/mol. The van der Waals surface area contributed by atoms with Crippen molar-refractivity contribution in [3.63, 3.8) is 0 Å². The van der Waals surface area contributed by atoms with Crippen LogP contribution in [0.4, 0.5) is 5.82 Å². The van der Waals surface area contributed by atoms with Crippen LogP contribution in [-0.4, -0.2) is 24.8 Å². The summed E-state index contributed by atoms with van der Waals surface area (Å²) in [4.78, 5) is 3.94. The minimum Gasteiger partial charge on any atom is -0.384 e. The van der Waals surface area contributed by atoms with Gasteiger partial charge in [-0.1, -0.05) is 0 Å². The number of nitrogens with zero attached hydrogens (tertiary/aromatic N) is 2. The third kappa shape index (κ3) is 3.33. The lowest BCUT2D eigenvalue weighted by atomic mass is 10.3. The Bertz CT molecular complexity index is 668. The van der Waals surface area contributed by atoms with E-state index >= 15 is 0 Å². The van der Waals surface area contributed by atoms with Crippen LogP contribution in [0, 0.1) is 0 Å². The topological polar surface area (TPSA) is 76.3 Å². The third-order valence-corrected chi connectivity index (χ3v) is 5.83. The molecule has 0 aliphatic heterocycles. The second kappa shape index (κ2) is 5.58. The van der Waals surface area contributed by atoms with Crippen molar-refractivity contribution >= 4 is 43.1 Å². The first-order valence-corrected chi connectivity index (χ1v) is 8.41. The maximum atomic E-state index is 12.3. The summed E-state index contributed by atoms with van der Waals surface area (Å²) >= 11 is 4.87. The number of sulfonamides is 1. The van der Waals surface area contributed by atoms with Gasteiger partial charge in [0.2, 0.25) is 10.0 Å². The SMILES string of the molecule is CN(Cc1csc(Br)c1)S(=O)(=O)c1ccc(N)nc1. The first-order chi connectivity index (χ1) is 8.89. The molecule has 0 saturated heterocycles. The molecule has 0 radical (unpaired) electrons. The molecule has 0 aromatic carbocycles. The summed E-state index contributed by atoms with van der Waals surface area (Å²) in [6, 6.07) is 4.83. The van der Waals surface area contributed by atoms with Crippen LogP contribution < -0.4 is 5.73 Å². The Balaban J connectivity index is 2.21. The predicted molar refractivity (Wildman–Crippen MR) is 79.3 cm³/mol. The van der Waals surface area contributed by atoms with Gasteiger partial charge < -0.3 is 5.73 Å². The highest BCUT2D eigenvalue weighted by Gasteiger charge is 2.21. The van der Waals surface area contributed by atoms with E-state index in [2.05, 4.69) is 20.9 Å². The van der Waals surface area contributed by atoms with E-state index in [1.807, 2.05) is 11.4 Å². The van der Waals surface area contributed by atoms with Gasteiger partial charge in [0.1, 0.15) is 10.7 Å². The Morgan fingerprint density at radius 1 is 1.47 bits per heavy atom. The van der Waals surface area contributed by atoms with E-state index in [0.29, 0.717) is 12.4 Å². The van der Waals surface area contributed by atoms with Crippen LogP contribution in [0.3, 0.4) is 0 Å². The van der Waals surface area contributed by atoms with Crippen LogP contribution in [0.5, 0.6) is 0 Å². The maximum absolute atomic E-state index is 12.3. The number of anilines is 1. The number of hydrogen-bond acceptors (Lipinski definition) is 5. The Labute approximate surface area is 124 Å². The van der Waals surface area contributed by atoms with E-state index < -0.39 is 10.0 Å². The normalized spacial score (nSPS) is 11.9. The Kier molecular flexibility index (Phi) is 4.24. The zero-order valence-corrected chi connectivity index (χ0v) is 13.3. The predicted octanol–water partition coefficient (Wildman–Crippen LogP) is 2.31. The molecule has 0 amide bonds. The molecule has 2 aromatic rings. The van der Waals surface area contributed by atoms with Crippen molar-refractivity contribution in [2.24, 2.45) is 0 Å². The van der Waals surface area contributed by atoms with Crippen molar-refractivity contribution in [1.29, 1.82) is 0 Å². The summed E-state index contributed by atoms with van der Waals surface area (Å²) in [6.45, 7) is 0.314. The minimum atomic E-state index is -3.54. The molecule has 2 rings (SSSR count). The number of halogens is 1. The molecule has 0 fully saturated rings. The van der Waals surface area contributed by atoms with Crippen molar-refractivity contribution in [3.8, 4) is 0 Å². The number of hydrogen-bond donors (Lipinski definition) is 1. The molecule has 0 unspecified atom stereocenters. The van der Waals surface area contributed by atoms with Crippen molar-refractivity contribution in [1.82, 2.24) is 9.29 Å². The van der Waals surface area contributed by atoms with Crippen LogP contribution >= 0.6 is 27.3 Å². The lowest BCUT2D eigenvalue weighted by Gasteiger charge is -2.16. The highest BCUT2D eigenvalue weighted by molar-refractivity contribution is 9.11. The van der Waals surface area contributed by atoms with Crippen molar-refractivity contribution in [3.05, 3.63) is 39.1 Å². The zero-order chi connectivity index (χ0) is 14.0. The van der Waals surface area contributed by atoms with Crippen LogP contribution in [0.15, 0.2) is 38.5 Å². The molecule has 0 spiro atoms. The fourth-order valence-electron chi connectivity index (χ4n) is 1.50. The summed E-state index contributed by atoms with van der Waals surface area (Å²) in [5.74, 6) is 0.295. The smallest absolute Gasteiger partial charge is 0.244 e. The van der Waals surface area contributed by atoms with Gasteiger partial charge in [-0.3, -0.25) is 0 Å². The third-order valence-electron chi connectivity index (χ3n) is 2.49. The lowest BCUT2D eigenvalue weighted by molar-refractivity contribution is 0.467. The molecule has 19 heavy (non-hydrogen) atoms. The van der Waals surface area contributed by atoms with Crippen molar-refractivity contribution < 1.29 is 8.42 Å². The van der Waals surface area contributed by atoms with Crippen LogP contribution in [0.1, 0.15) is 5.56 Å². The summed E-state index contributed by atoms with van der Waals surface area (Å²) in [5.41, 5.74) is 6.39. The van der Waals surface area contributed by atoms with Gasteiger partial charge in [0.05, 0.1) is 3.79 Å². The number of aromatic nitrogens is 1. The first-order valence-electron chi connectivity index (χ1n) is 5.30. The largest absolute Gasteiger partial charge is 0.384 e. The van der Waals surface area contributed by atoms with Gasteiger partial charge in [0, 0.05) is 19.8 Å². The summed E-state index contributed by atoms with van der Waals surface area (Å²) in [5, 5.41) is 1.91. The molecule has 5 nitrogen and oxygen atoms in total. The summed E-state index contributed by atoms with van der Waals surface area (Å²) < 4.78 is 26.8. The van der Waals surface area contributed by atoms with Gasteiger partial charge in [-0.2, -0.15) is 4.31 Å². The fraction of sp³-hybridized carbons (Fsp3) is 0.182. The quantitative estimate of drug-likeness (QED) is 0.906. The molecule has 2 aromatic heterocycles. The van der Waals surface area contributed by atoms with E-state index in [0.717, 1.165) is 9.35 Å². The number of thiophene rings is 1. The first kappa shape index (κ1) is 14.4. The fourth-order valence-corrected chi connectivity index (χ4v) is 3.80. The second-order valence-electron chi connectivity index (χ2n) is 3.94. The molecule has 102 valence electrons. The molecule has 0 bridgehead atoms. The Hall–Kier alpha value is -0.960. The van der Waals surface area contributed by atoms with Crippen molar-refractivity contribution in [2.75, 3.05) is 12.8 Å². The molecule has 0 aliphatic rings. The van der Waals surface area contributed by atoms with Crippen molar-refractivity contribution in [2.45, 2.75) is 11.4 Å². The lowest BCUT2D eigenvalue weighted by Crippen LogP contribution is -2.26. The molecule has 2 N–H and O–H groups in total. The highest BCUT2D eigenvalue weighted by atomic mass is 79.9. The van der Waals surface area contributed by atoms with Gasteiger partial charge in [0.15, 0.2) is 0 Å². The molecular weight excluding hydrogens is 350 g/mol. The van der Waals surface area contributed by atoms with Gasteiger partial charge >= 0.3 is 0 Å². The second-order valence-corrected chi connectivity index (χ2v) is 8.27. The number of rotatable bonds is 4. The average Bonchev–Trinajstić information content (AvgIpc) is 2.75. The molecule has 8 heteroatoms. The van der Waals surface area contributed by atoms with Gasteiger partial charge in [-0.15, -0.1) is 11.3 Å². The molecule has 0 atom stereocenters. The van der Waals surface area contributed by atoms with Gasteiger partial charge in [-0.05, 0) is 45.1 Å². The van der Waals surface area contributed by atoms with Crippen LogP contribution in [0.2, 0.25) is 0 Å².